The topological polar surface area (TPSA) is 80.0 Å². The predicted molar refractivity (Wildman–Crippen MR) is 71.1 cm³/mol. The number of pyridine rings is 1. The van der Waals surface area contributed by atoms with Crippen LogP contribution in [0.25, 0.3) is 0 Å². The first-order valence-electron chi connectivity index (χ1n) is 6.38. The van der Waals surface area contributed by atoms with Crippen molar-refractivity contribution in [2.24, 2.45) is 5.73 Å². The molecule has 4 N–H and O–H groups in total. The summed E-state index contributed by atoms with van der Waals surface area (Å²) in [4.78, 5) is 16.7. The molecule has 4 rings (SSSR count). The second-order valence-corrected chi connectivity index (χ2v) is 5.37. The third-order valence-electron chi connectivity index (χ3n) is 4.29. The molecule has 0 bridgehead atoms. The molecule has 3 heterocycles. The van der Waals surface area contributed by atoms with E-state index in [4.69, 9.17) is 5.73 Å². The third-order valence-corrected chi connectivity index (χ3v) is 4.29. The summed E-state index contributed by atoms with van der Waals surface area (Å²) in [5, 5.41) is 6.03. The van der Waals surface area contributed by atoms with Crippen molar-refractivity contribution in [2.75, 3.05) is 11.9 Å². The number of carbonyl (C=O) groups is 1. The van der Waals surface area contributed by atoms with Crippen molar-refractivity contribution in [3.63, 3.8) is 0 Å². The predicted octanol–water partition coefficient (Wildman–Crippen LogP) is 0.765. The first kappa shape index (κ1) is 10.6. The van der Waals surface area contributed by atoms with Gasteiger partial charge < -0.3 is 16.4 Å². The molecule has 0 radical (unpaired) electrons. The number of fused-ring (bicyclic) bond motifs is 2. The monoisotopic (exact) mass is 254 g/mol. The zero-order chi connectivity index (χ0) is 13.0. The van der Waals surface area contributed by atoms with Crippen LogP contribution < -0.4 is 16.4 Å². The van der Waals surface area contributed by atoms with E-state index in [1.165, 1.54) is 11.1 Å². The van der Waals surface area contributed by atoms with Crippen LogP contribution in [0.1, 0.15) is 18.4 Å². The highest BCUT2D eigenvalue weighted by molar-refractivity contribution is 6.06. The van der Waals surface area contributed by atoms with Crippen LogP contribution in [0, 0.1) is 0 Å². The number of rotatable bonds is 0. The highest BCUT2D eigenvalue weighted by Gasteiger charge is 2.51. The fourth-order valence-electron chi connectivity index (χ4n) is 3.36. The molecule has 5 nitrogen and oxygen atoms in total. The Morgan fingerprint density at radius 3 is 3.16 bits per heavy atom. The minimum atomic E-state index is -0.475. The number of nitrogens with zero attached hydrogens (tertiary/aromatic N) is 1. The van der Waals surface area contributed by atoms with Crippen molar-refractivity contribution < 1.29 is 4.79 Å². The Hall–Kier alpha value is -2.30. The van der Waals surface area contributed by atoms with E-state index in [1.54, 1.807) is 6.20 Å². The average Bonchev–Trinajstić information content (AvgIpc) is 2.90. The largest absolute Gasteiger partial charge is 0.386 e. The first-order valence-corrected chi connectivity index (χ1v) is 6.38. The number of aromatic nitrogens is 1. The lowest BCUT2D eigenvalue weighted by molar-refractivity contribution is -0.120. The van der Waals surface area contributed by atoms with Gasteiger partial charge in [-0.3, -0.25) is 4.79 Å². The van der Waals surface area contributed by atoms with Crippen molar-refractivity contribution >= 4 is 11.7 Å². The summed E-state index contributed by atoms with van der Waals surface area (Å²) < 4.78 is 0. The zero-order valence-corrected chi connectivity index (χ0v) is 10.4. The maximum Gasteiger partial charge on any atom is 0.237 e. The Morgan fingerprint density at radius 1 is 1.37 bits per heavy atom. The molecule has 0 saturated carbocycles. The van der Waals surface area contributed by atoms with E-state index in [0.29, 0.717) is 11.6 Å². The van der Waals surface area contributed by atoms with Gasteiger partial charge in [0, 0.05) is 18.3 Å². The summed E-state index contributed by atoms with van der Waals surface area (Å²) in [5.74, 6) is 1.44. The summed E-state index contributed by atoms with van der Waals surface area (Å²) in [6, 6.07) is 3.89. The number of nitrogens with two attached hydrogens (primary N) is 1. The lowest BCUT2D eigenvalue weighted by atomic mass is 9.78. The van der Waals surface area contributed by atoms with Crippen LogP contribution in [0.5, 0.6) is 0 Å². The minimum Gasteiger partial charge on any atom is -0.386 e. The second kappa shape index (κ2) is 3.38. The van der Waals surface area contributed by atoms with Crippen molar-refractivity contribution in [3.8, 4) is 0 Å². The highest BCUT2D eigenvalue weighted by atomic mass is 16.2. The number of amides is 1. The van der Waals surface area contributed by atoms with E-state index in [9.17, 15) is 4.79 Å². The Labute approximate surface area is 110 Å². The molecular weight excluding hydrogens is 240 g/mol. The molecule has 1 amide bonds. The van der Waals surface area contributed by atoms with E-state index in [2.05, 4.69) is 15.6 Å². The quantitative estimate of drug-likeness (QED) is 0.638. The summed E-state index contributed by atoms with van der Waals surface area (Å²) in [5.41, 5.74) is 8.83. The molecule has 19 heavy (non-hydrogen) atoms. The van der Waals surface area contributed by atoms with Gasteiger partial charge in [-0.1, -0.05) is 6.07 Å². The molecule has 1 aromatic heterocycles. The second-order valence-electron chi connectivity index (χ2n) is 5.37. The number of anilines is 1. The van der Waals surface area contributed by atoms with Gasteiger partial charge in [0.05, 0.1) is 11.2 Å². The van der Waals surface area contributed by atoms with E-state index >= 15 is 0 Å². The van der Waals surface area contributed by atoms with Gasteiger partial charge >= 0.3 is 0 Å². The number of hydrogen-bond donors (Lipinski definition) is 3. The van der Waals surface area contributed by atoms with Crippen molar-refractivity contribution in [3.05, 3.63) is 46.9 Å². The van der Waals surface area contributed by atoms with Crippen LogP contribution in [0.15, 0.2) is 41.4 Å². The molecule has 1 atom stereocenters. The highest BCUT2D eigenvalue weighted by Crippen LogP contribution is 2.50. The Bertz CT molecular complexity index is 661. The molecule has 1 spiro atoms. The molecule has 5 heteroatoms. The van der Waals surface area contributed by atoms with Crippen LogP contribution in [0.2, 0.25) is 0 Å². The first-order chi connectivity index (χ1) is 9.19. The number of dihydropyridines is 1. The van der Waals surface area contributed by atoms with Gasteiger partial charge in [-0.2, -0.15) is 0 Å². The van der Waals surface area contributed by atoms with E-state index in [0.717, 1.165) is 24.9 Å². The van der Waals surface area contributed by atoms with Crippen molar-refractivity contribution in [1.29, 1.82) is 0 Å². The average molecular weight is 254 g/mol. The van der Waals surface area contributed by atoms with Crippen LogP contribution in [-0.4, -0.2) is 17.4 Å². The Morgan fingerprint density at radius 2 is 2.26 bits per heavy atom. The van der Waals surface area contributed by atoms with E-state index in [1.807, 2.05) is 18.2 Å². The van der Waals surface area contributed by atoms with Crippen LogP contribution in [0.4, 0.5) is 5.82 Å². The van der Waals surface area contributed by atoms with Gasteiger partial charge in [0.25, 0.3) is 0 Å². The van der Waals surface area contributed by atoms with Gasteiger partial charge in [-0.05, 0) is 36.1 Å². The van der Waals surface area contributed by atoms with Crippen molar-refractivity contribution in [2.45, 2.75) is 18.3 Å². The summed E-state index contributed by atoms with van der Waals surface area (Å²) >= 11 is 0. The number of hydrogen-bond acceptors (Lipinski definition) is 4. The molecule has 96 valence electrons. The Kier molecular flexibility index (Phi) is 1.88. The van der Waals surface area contributed by atoms with Gasteiger partial charge in [-0.25, -0.2) is 4.98 Å². The minimum absolute atomic E-state index is 0.0579. The number of carbonyl (C=O) groups excluding carboxylic acids is 1. The smallest absolute Gasteiger partial charge is 0.237 e. The van der Waals surface area contributed by atoms with Crippen LogP contribution >= 0.6 is 0 Å². The molecular formula is C14H14N4O. The molecule has 0 saturated heterocycles. The fraction of sp³-hybridized carbons (Fsp3) is 0.286. The van der Waals surface area contributed by atoms with Gasteiger partial charge in [0.1, 0.15) is 5.82 Å². The normalized spacial score (nSPS) is 27.8. The van der Waals surface area contributed by atoms with E-state index < -0.39 is 5.41 Å². The SMILES string of the molecule is NC1=CC2=C(CN1)CC1(C2)C(=O)Nc2ncccc21. The Balaban J connectivity index is 1.81. The molecule has 0 fully saturated rings. The summed E-state index contributed by atoms with van der Waals surface area (Å²) in [6.45, 7) is 0.738. The lowest BCUT2D eigenvalue weighted by Crippen LogP contribution is -2.32. The third kappa shape index (κ3) is 1.30. The molecule has 2 aliphatic heterocycles. The fourth-order valence-corrected chi connectivity index (χ4v) is 3.36. The van der Waals surface area contributed by atoms with Gasteiger partial charge in [0.2, 0.25) is 5.91 Å². The van der Waals surface area contributed by atoms with Gasteiger partial charge in [-0.15, -0.1) is 0 Å². The molecule has 1 unspecified atom stereocenters. The zero-order valence-electron chi connectivity index (χ0n) is 10.4. The maximum absolute atomic E-state index is 12.4. The van der Waals surface area contributed by atoms with E-state index in [-0.39, 0.29) is 5.91 Å². The standard InChI is InChI=1S/C14H14N4O/c15-11-4-8-5-14(6-9(8)7-17-11)10-2-1-3-16-12(10)18-13(14)19/h1-4,17H,5-7,15H2,(H,16,18,19). The van der Waals surface area contributed by atoms with Crippen LogP contribution in [-0.2, 0) is 10.2 Å². The van der Waals surface area contributed by atoms with Crippen molar-refractivity contribution in [1.82, 2.24) is 10.3 Å². The molecule has 3 aliphatic rings. The molecule has 1 aliphatic carbocycles. The lowest BCUT2D eigenvalue weighted by Gasteiger charge is -2.21. The summed E-state index contributed by atoms with van der Waals surface area (Å²) in [6.07, 6.45) is 5.13. The maximum atomic E-state index is 12.4. The summed E-state index contributed by atoms with van der Waals surface area (Å²) in [7, 11) is 0. The van der Waals surface area contributed by atoms with Crippen LogP contribution in [0.3, 0.4) is 0 Å². The van der Waals surface area contributed by atoms with Gasteiger partial charge in [0.15, 0.2) is 0 Å². The number of nitrogens with one attached hydrogen (secondary N) is 2. The number of allylic oxidation sites excluding steroid dienone is 2. The molecule has 0 aromatic carbocycles. The molecule has 1 aromatic rings.